The summed E-state index contributed by atoms with van der Waals surface area (Å²) in [6, 6.07) is 11.8. The third-order valence-corrected chi connectivity index (χ3v) is 4.57. The number of aromatic nitrogens is 4. The number of carbonyl (C=O) groups excluding carboxylic acids is 1. The highest BCUT2D eigenvalue weighted by Gasteiger charge is 2.25. The summed E-state index contributed by atoms with van der Waals surface area (Å²) in [5.74, 6) is -0.745. The number of pyridine rings is 3. The van der Waals surface area contributed by atoms with Gasteiger partial charge >= 0.3 is 0 Å². The second-order valence-electron chi connectivity index (χ2n) is 5.97. The van der Waals surface area contributed by atoms with Gasteiger partial charge in [-0.2, -0.15) is 4.40 Å². The second-order valence-corrected chi connectivity index (χ2v) is 6.80. The monoisotopic (exact) mass is 413 g/mol. The molecule has 28 heavy (non-hydrogen) atoms. The molecule has 1 amide bonds. The lowest BCUT2D eigenvalue weighted by molar-refractivity contribution is -0.704. The summed E-state index contributed by atoms with van der Waals surface area (Å²) in [6.07, 6.45) is 4.73. The van der Waals surface area contributed by atoms with E-state index in [0.29, 0.717) is 15.8 Å². The van der Waals surface area contributed by atoms with Crippen molar-refractivity contribution >= 4 is 40.6 Å². The molecule has 0 unspecified atom stereocenters. The minimum Gasteiger partial charge on any atom is -0.839 e. The molecule has 4 aromatic rings. The van der Waals surface area contributed by atoms with Crippen LogP contribution in [-0.4, -0.2) is 20.3 Å². The Kier molecular flexibility index (Phi) is 4.85. The maximum atomic E-state index is 13.0. The van der Waals surface area contributed by atoms with Gasteiger partial charge in [0.05, 0.1) is 6.20 Å². The maximum Gasteiger partial charge on any atom is 0.300 e. The van der Waals surface area contributed by atoms with Crippen LogP contribution in [0.1, 0.15) is 16.1 Å². The molecule has 0 aromatic carbocycles. The Bertz CT molecular complexity index is 1170. The van der Waals surface area contributed by atoms with Gasteiger partial charge in [0, 0.05) is 29.0 Å². The molecule has 1 N–H and O–H groups in total. The normalized spacial score (nSPS) is 10.9. The number of nitrogens with zero attached hydrogens (tertiary/aromatic N) is 4. The van der Waals surface area contributed by atoms with Crippen LogP contribution in [0.2, 0.25) is 10.2 Å². The van der Waals surface area contributed by atoms with E-state index in [1.807, 2.05) is 0 Å². The van der Waals surface area contributed by atoms with E-state index in [1.165, 1.54) is 16.8 Å². The number of nitrogens with one attached hydrogen (secondary N) is 1. The SMILES string of the molecule is O=C(Nc1cc(Cl)ccn1)c1c([O-])[n+](Cc2ccc(Cl)nc2)c2ccccn12. The van der Waals surface area contributed by atoms with Crippen molar-refractivity contribution in [3.05, 3.63) is 82.5 Å². The zero-order valence-corrected chi connectivity index (χ0v) is 15.9. The van der Waals surface area contributed by atoms with Crippen LogP contribution in [-0.2, 0) is 6.54 Å². The Morgan fingerprint density at radius 3 is 2.79 bits per heavy atom. The average molecular weight is 414 g/mol. The zero-order chi connectivity index (χ0) is 19.7. The van der Waals surface area contributed by atoms with Crippen LogP contribution in [0.5, 0.6) is 5.88 Å². The van der Waals surface area contributed by atoms with E-state index in [0.717, 1.165) is 5.56 Å². The molecule has 0 aliphatic rings. The topological polar surface area (TPSA) is 86.2 Å². The molecule has 0 aliphatic heterocycles. The van der Waals surface area contributed by atoms with E-state index in [4.69, 9.17) is 23.2 Å². The number of hydrogen-bond acceptors (Lipinski definition) is 4. The van der Waals surface area contributed by atoms with Crippen molar-refractivity contribution in [3.8, 4) is 5.88 Å². The third-order valence-electron chi connectivity index (χ3n) is 4.11. The number of rotatable bonds is 4. The van der Waals surface area contributed by atoms with E-state index >= 15 is 0 Å². The summed E-state index contributed by atoms with van der Waals surface area (Å²) in [6.45, 7) is 0.249. The fraction of sp³-hybridized carbons (Fsp3) is 0.0526. The molecular formula is C19H13Cl2N5O2. The number of carbonyl (C=O) groups is 1. The van der Waals surface area contributed by atoms with Crippen molar-refractivity contribution < 1.29 is 14.5 Å². The summed E-state index contributed by atoms with van der Waals surface area (Å²) in [7, 11) is 0. The number of halogens is 2. The molecular weight excluding hydrogens is 401 g/mol. The van der Waals surface area contributed by atoms with Crippen molar-refractivity contribution in [2.75, 3.05) is 5.32 Å². The third kappa shape index (κ3) is 3.49. The van der Waals surface area contributed by atoms with Crippen LogP contribution in [0.4, 0.5) is 5.82 Å². The first kappa shape index (κ1) is 18.2. The summed E-state index contributed by atoms with van der Waals surface area (Å²) < 4.78 is 3.05. The Morgan fingerprint density at radius 1 is 1.18 bits per heavy atom. The predicted molar refractivity (Wildman–Crippen MR) is 103 cm³/mol. The van der Waals surface area contributed by atoms with Crippen LogP contribution in [0.3, 0.4) is 0 Å². The smallest absolute Gasteiger partial charge is 0.300 e. The molecule has 4 aromatic heterocycles. The van der Waals surface area contributed by atoms with Crippen LogP contribution < -0.4 is 15.0 Å². The fourth-order valence-corrected chi connectivity index (χ4v) is 3.14. The molecule has 4 heterocycles. The highest BCUT2D eigenvalue weighted by Crippen LogP contribution is 2.18. The van der Waals surface area contributed by atoms with Gasteiger partial charge in [0.15, 0.2) is 0 Å². The van der Waals surface area contributed by atoms with E-state index in [-0.39, 0.29) is 18.1 Å². The summed E-state index contributed by atoms with van der Waals surface area (Å²) in [5.41, 5.74) is 1.33. The molecule has 4 rings (SSSR count). The van der Waals surface area contributed by atoms with Crippen LogP contribution in [0, 0.1) is 0 Å². The minimum absolute atomic E-state index is 0.0284. The van der Waals surface area contributed by atoms with Crippen molar-refractivity contribution in [2.24, 2.45) is 0 Å². The molecule has 0 radical (unpaired) electrons. The number of anilines is 1. The van der Waals surface area contributed by atoms with E-state index in [2.05, 4.69) is 15.3 Å². The van der Waals surface area contributed by atoms with Gasteiger partial charge in [-0.1, -0.05) is 35.3 Å². The van der Waals surface area contributed by atoms with Gasteiger partial charge in [-0.05, 0) is 24.3 Å². The highest BCUT2D eigenvalue weighted by molar-refractivity contribution is 6.30. The average Bonchev–Trinajstić information content (AvgIpc) is 2.95. The van der Waals surface area contributed by atoms with Crippen molar-refractivity contribution in [3.63, 3.8) is 0 Å². The number of amides is 1. The second kappa shape index (κ2) is 7.46. The van der Waals surface area contributed by atoms with E-state index in [1.54, 1.807) is 53.2 Å². The molecule has 7 nitrogen and oxygen atoms in total. The molecule has 0 saturated heterocycles. The molecule has 0 aliphatic carbocycles. The Morgan fingerprint density at radius 2 is 2.04 bits per heavy atom. The van der Waals surface area contributed by atoms with E-state index < -0.39 is 11.8 Å². The molecule has 0 saturated carbocycles. The van der Waals surface area contributed by atoms with Gasteiger partial charge in [0.25, 0.3) is 11.6 Å². The molecule has 140 valence electrons. The standard InChI is InChI=1S/C19H13Cl2N5O2/c20-13-6-7-22-15(9-13)24-18(27)17-19(28)26(16-3-1-2-8-25(16)17)11-12-4-5-14(21)23-10-12/h1-10H,11H2,(H-,22,24,27,28). The van der Waals surface area contributed by atoms with Crippen molar-refractivity contribution in [2.45, 2.75) is 6.54 Å². The van der Waals surface area contributed by atoms with Crippen LogP contribution in [0.25, 0.3) is 5.65 Å². The summed E-state index contributed by atoms with van der Waals surface area (Å²) in [4.78, 5) is 20.9. The van der Waals surface area contributed by atoms with Gasteiger partial charge < -0.3 is 10.4 Å². The summed E-state index contributed by atoms with van der Waals surface area (Å²) >= 11 is 11.8. The maximum absolute atomic E-state index is 13.0. The van der Waals surface area contributed by atoms with Crippen molar-refractivity contribution in [1.82, 2.24) is 14.4 Å². The Labute approximate surface area is 169 Å². The van der Waals surface area contributed by atoms with Gasteiger partial charge in [-0.25, -0.2) is 14.5 Å². The predicted octanol–water partition coefficient (Wildman–Crippen LogP) is 2.70. The summed E-state index contributed by atoms with van der Waals surface area (Å²) in [5, 5.41) is 16.5. The number of imidazole rings is 1. The van der Waals surface area contributed by atoms with Gasteiger partial charge in [-0.15, -0.1) is 0 Å². The molecule has 0 atom stereocenters. The van der Waals surface area contributed by atoms with Gasteiger partial charge in [0.1, 0.15) is 23.4 Å². The molecule has 0 fully saturated rings. The quantitative estimate of drug-likeness (QED) is 0.411. The lowest BCUT2D eigenvalue weighted by Gasteiger charge is -2.07. The first-order valence-electron chi connectivity index (χ1n) is 8.26. The Hall–Kier alpha value is -3.16. The molecule has 0 bridgehead atoms. The van der Waals surface area contributed by atoms with E-state index in [9.17, 15) is 9.90 Å². The first-order chi connectivity index (χ1) is 13.5. The lowest BCUT2D eigenvalue weighted by atomic mass is 10.3. The van der Waals surface area contributed by atoms with Crippen LogP contribution in [0.15, 0.2) is 61.1 Å². The van der Waals surface area contributed by atoms with Gasteiger partial charge in [0.2, 0.25) is 5.69 Å². The number of hydrogen-bond donors (Lipinski definition) is 1. The van der Waals surface area contributed by atoms with Crippen LogP contribution >= 0.6 is 23.2 Å². The number of fused-ring (bicyclic) bond motifs is 1. The fourth-order valence-electron chi connectivity index (χ4n) is 2.87. The Balaban J connectivity index is 1.75. The minimum atomic E-state index is -0.575. The van der Waals surface area contributed by atoms with Crippen molar-refractivity contribution in [1.29, 1.82) is 0 Å². The molecule has 0 spiro atoms. The lowest BCUT2D eigenvalue weighted by Crippen LogP contribution is -2.37. The largest absolute Gasteiger partial charge is 0.839 e. The van der Waals surface area contributed by atoms with Gasteiger partial charge in [-0.3, -0.25) is 4.79 Å². The molecule has 9 heteroatoms. The highest BCUT2D eigenvalue weighted by atomic mass is 35.5. The first-order valence-corrected chi connectivity index (χ1v) is 9.02. The zero-order valence-electron chi connectivity index (χ0n) is 14.3.